The monoisotopic (exact) mass is 1130 g/mol. The average molecular weight is 1130 g/mol. The second kappa shape index (κ2) is 19.4. The molecule has 5 heteroatoms. The van der Waals surface area contributed by atoms with Crippen molar-refractivity contribution in [1.82, 2.24) is 14.1 Å². The van der Waals surface area contributed by atoms with E-state index in [2.05, 4.69) is 134 Å². The summed E-state index contributed by atoms with van der Waals surface area (Å²) in [6, 6.07) is 53.0. The Labute approximate surface area is 529 Å². The lowest BCUT2D eigenvalue weighted by molar-refractivity contribution is -0.570. The quantitative estimate of drug-likeness (QED) is 0.123. The van der Waals surface area contributed by atoms with E-state index >= 15 is 0 Å². The Balaban J connectivity index is 1.12. The second-order valence-electron chi connectivity index (χ2n) is 25.8. The molecule has 0 atom stereocenters. The van der Waals surface area contributed by atoms with Gasteiger partial charge in [-0.15, -0.1) is 0 Å². The summed E-state index contributed by atoms with van der Waals surface area (Å²) in [6.45, 7) is 2.36. The van der Waals surface area contributed by atoms with Crippen LogP contribution < -0.4 is 9.30 Å². The van der Waals surface area contributed by atoms with Crippen molar-refractivity contribution in [3.05, 3.63) is 234 Å². The molecule has 0 bridgehead atoms. The van der Waals surface area contributed by atoms with Gasteiger partial charge in [0.2, 0.25) is 0 Å². The molecule has 0 spiro atoms. The molecule has 85 heavy (non-hydrogen) atoms. The van der Waals surface area contributed by atoms with E-state index < -0.39 is 91.2 Å². The van der Waals surface area contributed by atoms with E-state index in [1.807, 2.05) is 95.7 Å². The number of aromatic nitrogens is 4. The molecule has 0 fully saturated rings. The van der Waals surface area contributed by atoms with Crippen molar-refractivity contribution in [3.63, 3.8) is 0 Å². The van der Waals surface area contributed by atoms with Crippen LogP contribution in [0.25, 0.3) is 106 Å². The van der Waals surface area contributed by atoms with E-state index in [9.17, 15) is 9.60 Å². The van der Waals surface area contributed by atoms with Crippen LogP contribution in [0.3, 0.4) is 0 Å². The third-order valence-corrected chi connectivity index (χ3v) is 16.8. The zero-order valence-electron chi connectivity index (χ0n) is 68.0. The molecular formula is C80H76N4O. The van der Waals surface area contributed by atoms with E-state index in [-0.39, 0.29) is 21.9 Å². The van der Waals surface area contributed by atoms with E-state index in [1.165, 1.54) is 0 Å². The van der Waals surface area contributed by atoms with E-state index in [0.717, 1.165) is 72.1 Å². The molecule has 2 aliphatic rings. The van der Waals surface area contributed by atoms with Gasteiger partial charge < -0.3 is 4.74 Å². The summed E-state index contributed by atoms with van der Waals surface area (Å²) in [7, 11) is 0. The summed E-state index contributed by atoms with van der Waals surface area (Å²) < 4.78 is 191. The third kappa shape index (κ3) is 9.21. The largest absolute Gasteiger partial charge is 0.458 e. The van der Waals surface area contributed by atoms with Gasteiger partial charge >= 0.3 is 0 Å². The first-order chi connectivity index (χ1) is 48.3. The van der Waals surface area contributed by atoms with Gasteiger partial charge in [-0.3, -0.25) is 13.7 Å². The fourth-order valence-electron chi connectivity index (χ4n) is 12.2. The maximum Gasteiger partial charge on any atom is 0.269 e. The summed E-state index contributed by atoms with van der Waals surface area (Å²) in [5, 5.41) is 1.97. The van der Waals surface area contributed by atoms with Crippen molar-refractivity contribution in [1.29, 1.82) is 0 Å². The van der Waals surface area contributed by atoms with E-state index in [0.29, 0.717) is 45.1 Å². The Kier molecular flexibility index (Phi) is 8.39. The van der Waals surface area contributed by atoms with Crippen LogP contribution in [-0.2, 0) is 27.1 Å². The highest BCUT2D eigenvalue weighted by Crippen LogP contribution is 2.50. The molecule has 0 N–H and O–H groups in total. The van der Waals surface area contributed by atoms with Crippen molar-refractivity contribution in [3.8, 4) is 84.3 Å². The van der Waals surface area contributed by atoms with Crippen molar-refractivity contribution in [2.24, 2.45) is 0 Å². The molecule has 422 valence electrons. The van der Waals surface area contributed by atoms with E-state index in [4.69, 9.17) is 26.2 Å². The standard InChI is InChI=1S/C80H76N4O/c1-76(2,3)53-32-29-50(30-33-53)65-44-55(78(7,8)9)45-67-62-26-17-15-24-60(62)59-23-14-16-25-61(59)66-41-52(51-31-36-68-69(42-51)80(12,13)39-38-79(68,10)11)43-72-75(66)83(74(65)67)49-82(72)56-21-20-22-57(47-56)85-58-34-35-64-63-27-18-19-28-70(63)84(71(64)48-58)73-46-54(37-40-81-73)77(4,5)6/h14-37,40-48H,38-39H2,1-13H3/i10D3,11D3,12D3,13D3,31D,36D,38D2,39D2,42D. The summed E-state index contributed by atoms with van der Waals surface area (Å²) >= 11 is 0. The molecule has 5 nitrogen and oxygen atoms in total. The van der Waals surface area contributed by atoms with Gasteiger partial charge in [0.1, 0.15) is 17.3 Å². The Morgan fingerprint density at radius 2 is 1.13 bits per heavy atom. The predicted molar refractivity (Wildman–Crippen MR) is 354 cm³/mol. The van der Waals surface area contributed by atoms with Gasteiger partial charge in [0.05, 0.1) is 37.6 Å². The molecule has 0 saturated carbocycles. The molecule has 14 rings (SSSR count). The van der Waals surface area contributed by atoms with Gasteiger partial charge in [-0.2, -0.15) is 0 Å². The highest BCUT2D eigenvalue weighted by atomic mass is 16.5. The first kappa shape index (κ1) is 36.8. The predicted octanol–water partition coefficient (Wildman–Crippen LogP) is 20.9. The number of hydrogen-bond donors (Lipinski definition) is 0. The first-order valence-corrected chi connectivity index (χ1v) is 28.8. The van der Waals surface area contributed by atoms with E-state index in [1.54, 1.807) is 34.9 Å². The fourth-order valence-corrected chi connectivity index (χ4v) is 12.2. The number of fused-ring (bicyclic) bond motifs is 11. The SMILES string of the molecule is [2H]c1c([2H])c2c(c([2H])c1-c1cc3c4c(c1)n(-c1cccc(Oc5ccc6c7ccccc7n(-c7cc(C(C)(C)C)ccn7)c6c5)c1)[c-][n+]4-c1c(-c4ccc(C(C)(C)C)cc4)cc(C(C)(C)C)cc1-c1ccccc1-c1ccccc1-3)C(C([2H])([2H])[2H])(C([2H])([2H])[2H])C([2H])([2H])C([2H])([2H])C2(C([2H])([2H])[2H])C([2H])([2H])[2H]. The average Bonchev–Trinajstić information content (AvgIpc) is 0.789. The number of nitrogens with zero attached hydrogens (tertiary/aromatic N) is 4. The van der Waals surface area contributed by atoms with Crippen LogP contribution in [0.15, 0.2) is 200 Å². The molecule has 1 aliphatic carbocycles. The normalized spacial score (nSPS) is 19.6. The molecular weight excluding hydrogens is 1030 g/mol. The molecule has 3 aromatic heterocycles. The highest BCUT2D eigenvalue weighted by Gasteiger charge is 2.38. The molecule has 4 heterocycles. The topological polar surface area (TPSA) is 35.9 Å². The van der Waals surface area contributed by atoms with Crippen LogP contribution in [-0.4, -0.2) is 14.1 Å². The highest BCUT2D eigenvalue weighted by molar-refractivity contribution is 6.09. The van der Waals surface area contributed by atoms with Crippen molar-refractivity contribution < 1.29 is 35.3 Å². The number of ether oxygens (including phenoxy) is 1. The Morgan fingerprint density at radius 1 is 0.506 bits per heavy atom. The van der Waals surface area contributed by atoms with Crippen LogP contribution >= 0.6 is 0 Å². The summed E-state index contributed by atoms with van der Waals surface area (Å²) in [6.07, 6.45) is -3.43. The van der Waals surface area contributed by atoms with Gasteiger partial charge in [0.15, 0.2) is 0 Å². The zero-order valence-corrected chi connectivity index (χ0v) is 49.0. The minimum absolute atomic E-state index is 0.173. The lowest BCUT2D eigenvalue weighted by Gasteiger charge is -2.42. The van der Waals surface area contributed by atoms with Crippen LogP contribution in [0.4, 0.5) is 0 Å². The number of benzene rings is 9. The minimum atomic E-state index is -4.53. The maximum atomic E-state index is 10.5. The molecule has 0 amide bonds. The molecule has 0 unspecified atom stereocenters. The van der Waals surface area contributed by atoms with Gasteiger partial charge in [0.25, 0.3) is 6.33 Å². The number of hydrogen-bond acceptors (Lipinski definition) is 2. The smallest absolute Gasteiger partial charge is 0.269 e. The lowest BCUT2D eigenvalue weighted by Crippen LogP contribution is -2.33. The summed E-state index contributed by atoms with van der Waals surface area (Å²) in [5.41, 5.74) is -0.867. The molecule has 0 radical (unpaired) electrons. The Bertz CT molecular complexity index is 5510. The summed E-state index contributed by atoms with van der Waals surface area (Å²) in [5.74, 6) is 1.56. The van der Waals surface area contributed by atoms with Gasteiger partial charge in [-0.25, -0.2) is 4.98 Å². The number of imidazole rings is 1. The maximum absolute atomic E-state index is 10.5. The van der Waals surface area contributed by atoms with Gasteiger partial charge in [-0.1, -0.05) is 223 Å². The van der Waals surface area contributed by atoms with Crippen molar-refractivity contribution in [2.45, 2.75) is 130 Å². The van der Waals surface area contributed by atoms with Gasteiger partial charge in [-0.05, 0) is 178 Å². The molecule has 0 saturated heterocycles. The van der Waals surface area contributed by atoms with Crippen LogP contribution in [0, 0.1) is 6.33 Å². The van der Waals surface area contributed by atoms with Crippen LogP contribution in [0.2, 0.25) is 0 Å². The third-order valence-electron chi connectivity index (χ3n) is 16.8. The molecule has 1 aliphatic heterocycles. The van der Waals surface area contributed by atoms with Gasteiger partial charge in [0, 0.05) is 45.0 Å². The fraction of sp³-hybridized carbons (Fsp3) is 0.250. The second-order valence-corrected chi connectivity index (χ2v) is 25.8. The van der Waals surface area contributed by atoms with Crippen molar-refractivity contribution >= 4 is 32.8 Å². The molecule has 12 aromatic rings. The number of para-hydroxylation sites is 1. The molecule has 9 aromatic carbocycles. The van der Waals surface area contributed by atoms with Crippen LogP contribution in [0.1, 0.15) is 156 Å². The van der Waals surface area contributed by atoms with Crippen molar-refractivity contribution in [2.75, 3.05) is 0 Å². The number of rotatable bonds is 6. The first-order valence-electron chi connectivity index (χ1n) is 38.3. The Morgan fingerprint density at radius 3 is 1.82 bits per heavy atom. The number of pyridine rings is 1. The zero-order chi connectivity index (χ0) is 75.3. The van der Waals surface area contributed by atoms with Crippen LogP contribution in [0.5, 0.6) is 11.5 Å². The lowest BCUT2D eigenvalue weighted by atomic mass is 9.63. The minimum Gasteiger partial charge on any atom is -0.458 e. The Hall–Kier alpha value is -8.80. The summed E-state index contributed by atoms with van der Waals surface area (Å²) in [4.78, 5) is 4.89.